The van der Waals surface area contributed by atoms with Gasteiger partial charge in [0.1, 0.15) is 5.75 Å². The van der Waals surface area contributed by atoms with Crippen molar-refractivity contribution in [2.24, 2.45) is 4.99 Å². The van der Waals surface area contributed by atoms with E-state index in [0.29, 0.717) is 12.5 Å². The maximum Gasteiger partial charge on any atom is 0.215 e. The Kier molecular flexibility index (Phi) is 11.1. The first kappa shape index (κ1) is 26.2. The molecule has 9 heteroatoms. The molecule has 2 aromatic rings. The molecule has 2 aromatic carbocycles. The van der Waals surface area contributed by atoms with Gasteiger partial charge in [0, 0.05) is 20.1 Å². The zero-order valence-corrected chi connectivity index (χ0v) is 21.0. The average Bonchev–Trinajstić information content (AvgIpc) is 2.72. The number of guanidine groups is 1. The van der Waals surface area contributed by atoms with Crippen LogP contribution in [-0.2, 0) is 28.7 Å². The quantitative estimate of drug-likeness (QED) is 0.256. The van der Waals surface area contributed by atoms with Gasteiger partial charge in [-0.3, -0.25) is 4.99 Å². The second kappa shape index (κ2) is 12.8. The van der Waals surface area contributed by atoms with E-state index >= 15 is 0 Å². The van der Waals surface area contributed by atoms with Crippen molar-refractivity contribution >= 4 is 40.0 Å². The molecule has 0 saturated heterocycles. The minimum absolute atomic E-state index is 0. The summed E-state index contributed by atoms with van der Waals surface area (Å²) in [5.74, 6) is 1.59. The van der Waals surface area contributed by atoms with Crippen molar-refractivity contribution in [1.82, 2.24) is 15.4 Å². The van der Waals surface area contributed by atoms with Crippen molar-refractivity contribution in [2.75, 3.05) is 27.7 Å². The third kappa shape index (κ3) is 8.49. The maximum atomic E-state index is 11.6. The van der Waals surface area contributed by atoms with Gasteiger partial charge in [0.05, 0.1) is 12.9 Å². The number of methoxy groups -OCH3 is 1. The van der Waals surface area contributed by atoms with Crippen LogP contribution in [0.25, 0.3) is 0 Å². The van der Waals surface area contributed by atoms with Crippen molar-refractivity contribution in [3.63, 3.8) is 0 Å². The third-order valence-electron chi connectivity index (χ3n) is 4.55. The number of hydrogen-bond acceptors (Lipinski definition) is 4. The van der Waals surface area contributed by atoms with Gasteiger partial charge in [-0.15, -0.1) is 24.0 Å². The van der Waals surface area contributed by atoms with Crippen molar-refractivity contribution in [2.45, 2.75) is 25.6 Å². The zero-order chi connectivity index (χ0) is 21.3. The summed E-state index contributed by atoms with van der Waals surface area (Å²) in [6.07, 6.45) is 0.853. The van der Waals surface area contributed by atoms with Crippen LogP contribution in [0.1, 0.15) is 22.3 Å². The molecule has 0 atom stereocenters. The molecule has 0 radical (unpaired) electrons. The Balaban J connectivity index is 0.00000450. The largest absolute Gasteiger partial charge is 0.496 e. The molecule has 0 aliphatic carbocycles. The molecule has 0 aromatic heterocycles. The average molecular weight is 546 g/mol. The number of aliphatic imine (C=N–C) groups is 1. The second-order valence-corrected chi connectivity index (χ2v) is 8.61. The highest BCUT2D eigenvalue weighted by Crippen LogP contribution is 2.19. The number of nitrogens with zero attached hydrogens (tertiary/aromatic N) is 1. The molecule has 0 saturated carbocycles. The molecule has 3 N–H and O–H groups in total. The first-order valence-corrected chi connectivity index (χ1v) is 11.1. The molecule has 2 rings (SSSR count). The molecule has 7 nitrogen and oxygen atoms in total. The Labute approximate surface area is 196 Å². The van der Waals surface area contributed by atoms with E-state index in [-0.39, 0.29) is 29.7 Å². The Bertz CT molecular complexity index is 932. The fourth-order valence-electron chi connectivity index (χ4n) is 2.80. The van der Waals surface area contributed by atoms with Gasteiger partial charge < -0.3 is 15.4 Å². The number of benzene rings is 2. The lowest BCUT2D eigenvalue weighted by molar-refractivity contribution is 0.411. The molecular weight excluding hydrogens is 515 g/mol. The van der Waals surface area contributed by atoms with E-state index in [2.05, 4.69) is 38.5 Å². The first-order valence-electron chi connectivity index (χ1n) is 9.44. The minimum Gasteiger partial charge on any atom is -0.496 e. The van der Waals surface area contributed by atoms with Crippen LogP contribution in [0.3, 0.4) is 0 Å². The van der Waals surface area contributed by atoms with E-state index < -0.39 is 10.0 Å². The highest BCUT2D eigenvalue weighted by Gasteiger charge is 2.08. The van der Waals surface area contributed by atoms with Gasteiger partial charge in [0.2, 0.25) is 10.0 Å². The summed E-state index contributed by atoms with van der Waals surface area (Å²) >= 11 is 0. The fourth-order valence-corrected chi connectivity index (χ4v) is 3.57. The third-order valence-corrected chi connectivity index (χ3v) is 5.89. The van der Waals surface area contributed by atoms with Crippen LogP contribution < -0.4 is 20.1 Å². The highest BCUT2D eigenvalue weighted by molar-refractivity contribution is 14.0. The standard InChI is InChI=1S/C21H30N4O3S.HI/c1-16-5-6-17(13-20(16)28-4)11-12-24-21(22-2)25-14-18-7-9-19(10-8-18)15-29(26,27)23-3;/h5-10,13,23H,11-12,14-15H2,1-4H3,(H2,22,24,25);1H. The lowest BCUT2D eigenvalue weighted by Gasteiger charge is -2.13. The summed E-state index contributed by atoms with van der Waals surface area (Å²) in [6.45, 7) is 3.36. The number of halogens is 1. The Hall–Kier alpha value is -1.85. The number of rotatable bonds is 9. The van der Waals surface area contributed by atoms with E-state index in [0.717, 1.165) is 35.4 Å². The van der Waals surface area contributed by atoms with Gasteiger partial charge in [-0.1, -0.05) is 36.4 Å². The summed E-state index contributed by atoms with van der Waals surface area (Å²) in [4.78, 5) is 4.24. The molecule has 0 bridgehead atoms. The smallest absolute Gasteiger partial charge is 0.215 e. The van der Waals surface area contributed by atoms with Gasteiger partial charge in [-0.05, 0) is 48.7 Å². The molecule has 0 heterocycles. The summed E-state index contributed by atoms with van der Waals surface area (Å²) in [5, 5.41) is 6.57. The SMILES string of the molecule is CN=C(NCCc1ccc(C)c(OC)c1)NCc1ccc(CS(=O)(=O)NC)cc1.I. The van der Waals surface area contributed by atoms with Crippen LogP contribution in [0.2, 0.25) is 0 Å². The second-order valence-electron chi connectivity index (χ2n) is 6.69. The van der Waals surface area contributed by atoms with E-state index in [1.807, 2.05) is 31.2 Å². The Morgan fingerprint density at radius 3 is 2.27 bits per heavy atom. The maximum absolute atomic E-state index is 11.6. The van der Waals surface area contributed by atoms with Crippen LogP contribution >= 0.6 is 24.0 Å². The summed E-state index contributed by atoms with van der Waals surface area (Å²) in [6, 6.07) is 13.7. The molecular formula is C21H31IN4O3S. The van der Waals surface area contributed by atoms with Gasteiger partial charge in [0.25, 0.3) is 0 Å². The molecule has 166 valence electrons. The summed E-state index contributed by atoms with van der Waals surface area (Å²) < 4.78 is 30.9. The highest BCUT2D eigenvalue weighted by atomic mass is 127. The molecule has 0 amide bonds. The number of ether oxygens (including phenoxy) is 1. The Morgan fingerprint density at radius 1 is 1.03 bits per heavy atom. The number of hydrogen-bond donors (Lipinski definition) is 3. The van der Waals surface area contributed by atoms with Crippen LogP contribution in [-0.4, -0.2) is 42.1 Å². The van der Waals surface area contributed by atoms with E-state index in [1.54, 1.807) is 14.2 Å². The summed E-state index contributed by atoms with van der Waals surface area (Å²) in [5.41, 5.74) is 4.11. The van der Waals surface area contributed by atoms with Gasteiger partial charge in [-0.25, -0.2) is 13.1 Å². The van der Waals surface area contributed by atoms with Gasteiger partial charge >= 0.3 is 0 Å². The minimum atomic E-state index is -3.26. The number of sulfonamides is 1. The zero-order valence-electron chi connectivity index (χ0n) is 17.9. The van der Waals surface area contributed by atoms with E-state index in [4.69, 9.17) is 4.74 Å². The fraction of sp³-hybridized carbons (Fsp3) is 0.381. The topological polar surface area (TPSA) is 91.8 Å². The van der Waals surface area contributed by atoms with Crippen LogP contribution in [0.5, 0.6) is 5.75 Å². The van der Waals surface area contributed by atoms with Crippen molar-refractivity contribution in [3.05, 3.63) is 64.7 Å². The van der Waals surface area contributed by atoms with Crippen LogP contribution in [0.15, 0.2) is 47.5 Å². The molecule has 0 fully saturated rings. The lowest BCUT2D eigenvalue weighted by Crippen LogP contribution is -2.37. The first-order chi connectivity index (χ1) is 13.9. The normalized spacial score (nSPS) is 11.5. The molecule has 0 aliphatic heterocycles. The van der Waals surface area contributed by atoms with Crippen LogP contribution in [0, 0.1) is 6.92 Å². The number of aryl methyl sites for hydroxylation is 1. The predicted molar refractivity (Wildman–Crippen MR) is 133 cm³/mol. The van der Waals surface area contributed by atoms with Crippen molar-refractivity contribution < 1.29 is 13.2 Å². The van der Waals surface area contributed by atoms with Crippen molar-refractivity contribution in [1.29, 1.82) is 0 Å². The van der Waals surface area contributed by atoms with Crippen molar-refractivity contribution in [3.8, 4) is 5.75 Å². The summed E-state index contributed by atoms with van der Waals surface area (Å²) in [7, 11) is 1.58. The molecule has 0 aliphatic rings. The Morgan fingerprint density at radius 2 is 1.67 bits per heavy atom. The molecule has 30 heavy (non-hydrogen) atoms. The molecule has 0 spiro atoms. The molecule has 0 unspecified atom stereocenters. The predicted octanol–water partition coefficient (Wildman–Crippen LogP) is 2.58. The van der Waals surface area contributed by atoms with E-state index in [9.17, 15) is 8.42 Å². The van der Waals surface area contributed by atoms with E-state index in [1.165, 1.54) is 12.6 Å². The number of nitrogens with one attached hydrogen (secondary N) is 3. The van der Waals surface area contributed by atoms with Gasteiger partial charge in [-0.2, -0.15) is 0 Å². The lowest BCUT2D eigenvalue weighted by atomic mass is 10.1. The van der Waals surface area contributed by atoms with Gasteiger partial charge in [0.15, 0.2) is 5.96 Å². The monoisotopic (exact) mass is 546 g/mol. The van der Waals surface area contributed by atoms with Crippen LogP contribution in [0.4, 0.5) is 0 Å².